The van der Waals surface area contributed by atoms with Gasteiger partial charge in [-0.2, -0.15) is 0 Å². The summed E-state index contributed by atoms with van der Waals surface area (Å²) in [6, 6.07) is 1.51. The Labute approximate surface area is 100 Å². The van der Waals surface area contributed by atoms with Gasteiger partial charge in [-0.25, -0.2) is 0 Å². The fourth-order valence-corrected chi connectivity index (χ4v) is 3.62. The number of fused-ring (bicyclic) bond motifs is 2. The molecule has 1 aromatic heterocycles. The lowest BCUT2D eigenvalue weighted by atomic mass is 10.1. The van der Waals surface area contributed by atoms with E-state index >= 15 is 0 Å². The highest BCUT2D eigenvalue weighted by molar-refractivity contribution is 7.15. The molecule has 5 heteroatoms. The molecule has 2 fully saturated rings. The summed E-state index contributed by atoms with van der Waals surface area (Å²) >= 11 is 1.72. The first-order chi connectivity index (χ1) is 7.74. The van der Waals surface area contributed by atoms with E-state index in [1.165, 1.54) is 19.3 Å². The molecule has 1 aromatic rings. The average Bonchev–Trinajstić information content (AvgIpc) is 2.74. The second-order valence-corrected chi connectivity index (χ2v) is 6.05. The van der Waals surface area contributed by atoms with Crippen molar-refractivity contribution < 1.29 is 0 Å². The van der Waals surface area contributed by atoms with E-state index in [0.29, 0.717) is 0 Å². The number of aryl methyl sites for hydroxylation is 1. The van der Waals surface area contributed by atoms with Crippen LogP contribution in [0.25, 0.3) is 0 Å². The molecule has 4 nitrogen and oxygen atoms in total. The van der Waals surface area contributed by atoms with Crippen LogP contribution in [0, 0.1) is 6.92 Å². The molecule has 3 heterocycles. The SMILES string of the molecule is Cc1nnc(N2CCC3CCC(C2)N3C)s1. The van der Waals surface area contributed by atoms with Gasteiger partial charge in [0.1, 0.15) is 5.01 Å². The first-order valence-electron chi connectivity index (χ1n) is 6.01. The molecule has 2 aliphatic rings. The third-order valence-corrected chi connectivity index (χ3v) is 4.83. The van der Waals surface area contributed by atoms with Gasteiger partial charge in [0, 0.05) is 25.2 Å². The van der Waals surface area contributed by atoms with Crippen LogP contribution in [-0.4, -0.2) is 47.3 Å². The summed E-state index contributed by atoms with van der Waals surface area (Å²) in [5.41, 5.74) is 0. The third kappa shape index (κ3) is 1.72. The smallest absolute Gasteiger partial charge is 0.208 e. The van der Waals surface area contributed by atoms with Crippen LogP contribution in [-0.2, 0) is 0 Å². The van der Waals surface area contributed by atoms with Gasteiger partial charge >= 0.3 is 0 Å². The Morgan fingerprint density at radius 1 is 1.19 bits per heavy atom. The minimum atomic E-state index is 0.719. The molecule has 88 valence electrons. The van der Waals surface area contributed by atoms with Gasteiger partial charge < -0.3 is 4.90 Å². The lowest BCUT2D eigenvalue weighted by Crippen LogP contribution is -2.36. The predicted molar refractivity (Wildman–Crippen MR) is 66.0 cm³/mol. The number of likely N-dealkylation sites (N-methyl/N-ethyl adjacent to an activating group) is 1. The van der Waals surface area contributed by atoms with Crippen molar-refractivity contribution in [3.63, 3.8) is 0 Å². The summed E-state index contributed by atoms with van der Waals surface area (Å²) in [5, 5.41) is 10.6. The minimum absolute atomic E-state index is 0.719. The van der Waals surface area contributed by atoms with Crippen LogP contribution in [0.2, 0.25) is 0 Å². The summed E-state index contributed by atoms with van der Waals surface area (Å²) in [5.74, 6) is 0. The fraction of sp³-hybridized carbons (Fsp3) is 0.818. The van der Waals surface area contributed by atoms with Crippen molar-refractivity contribution in [2.24, 2.45) is 0 Å². The van der Waals surface area contributed by atoms with E-state index in [-0.39, 0.29) is 0 Å². The van der Waals surface area contributed by atoms with Gasteiger partial charge in [0.25, 0.3) is 0 Å². The molecule has 0 saturated carbocycles. The number of aromatic nitrogens is 2. The first kappa shape index (κ1) is 10.5. The van der Waals surface area contributed by atoms with Crippen LogP contribution < -0.4 is 4.90 Å². The number of hydrogen-bond acceptors (Lipinski definition) is 5. The zero-order valence-electron chi connectivity index (χ0n) is 9.89. The van der Waals surface area contributed by atoms with E-state index in [1.807, 2.05) is 6.92 Å². The Kier molecular flexibility index (Phi) is 2.59. The van der Waals surface area contributed by atoms with Crippen molar-refractivity contribution in [2.75, 3.05) is 25.0 Å². The standard InChI is InChI=1S/C11H18N4S/c1-8-12-13-11(16-8)15-6-5-9-3-4-10(7-15)14(9)2/h9-10H,3-7H2,1-2H3. The Morgan fingerprint density at radius 2 is 2.00 bits per heavy atom. The van der Waals surface area contributed by atoms with E-state index in [0.717, 1.165) is 35.3 Å². The summed E-state index contributed by atoms with van der Waals surface area (Å²) in [6.45, 7) is 4.29. The van der Waals surface area contributed by atoms with Crippen molar-refractivity contribution in [3.05, 3.63) is 5.01 Å². The topological polar surface area (TPSA) is 32.3 Å². The lowest BCUT2D eigenvalue weighted by molar-refractivity contribution is 0.254. The van der Waals surface area contributed by atoms with E-state index in [1.54, 1.807) is 11.3 Å². The maximum atomic E-state index is 4.27. The predicted octanol–water partition coefficient (Wildman–Crippen LogP) is 1.52. The van der Waals surface area contributed by atoms with Gasteiger partial charge in [-0.1, -0.05) is 11.3 Å². The van der Waals surface area contributed by atoms with Crippen molar-refractivity contribution >= 4 is 16.5 Å². The molecule has 0 aromatic carbocycles. The molecular weight excluding hydrogens is 220 g/mol. The maximum absolute atomic E-state index is 4.27. The highest BCUT2D eigenvalue weighted by Gasteiger charge is 2.35. The molecule has 0 N–H and O–H groups in total. The van der Waals surface area contributed by atoms with Crippen molar-refractivity contribution in [1.82, 2.24) is 15.1 Å². The van der Waals surface area contributed by atoms with Crippen molar-refractivity contribution in [1.29, 1.82) is 0 Å². The average molecular weight is 238 g/mol. The number of rotatable bonds is 1. The molecule has 0 radical (unpaired) electrons. The van der Waals surface area contributed by atoms with Gasteiger partial charge in [-0.15, -0.1) is 10.2 Å². The Hall–Kier alpha value is -0.680. The lowest BCUT2D eigenvalue weighted by Gasteiger charge is -2.24. The monoisotopic (exact) mass is 238 g/mol. The summed E-state index contributed by atoms with van der Waals surface area (Å²) < 4.78 is 0. The molecule has 3 rings (SSSR count). The molecule has 0 aliphatic carbocycles. The number of anilines is 1. The van der Waals surface area contributed by atoms with E-state index in [9.17, 15) is 0 Å². The Bertz CT molecular complexity index is 378. The van der Waals surface area contributed by atoms with Gasteiger partial charge in [-0.05, 0) is 33.2 Å². The van der Waals surface area contributed by atoms with Crippen LogP contribution in [0.5, 0.6) is 0 Å². The van der Waals surface area contributed by atoms with Gasteiger partial charge in [-0.3, -0.25) is 4.90 Å². The summed E-state index contributed by atoms with van der Waals surface area (Å²) in [7, 11) is 2.27. The minimum Gasteiger partial charge on any atom is -0.345 e. The highest BCUT2D eigenvalue weighted by Crippen LogP contribution is 2.31. The van der Waals surface area contributed by atoms with Gasteiger partial charge in [0.05, 0.1) is 0 Å². The fourth-order valence-electron chi connectivity index (χ4n) is 2.90. The van der Waals surface area contributed by atoms with Crippen molar-refractivity contribution in [3.8, 4) is 0 Å². The molecule has 2 atom stereocenters. The first-order valence-corrected chi connectivity index (χ1v) is 6.82. The van der Waals surface area contributed by atoms with Crippen LogP contribution in [0.1, 0.15) is 24.3 Å². The molecule has 2 unspecified atom stereocenters. The number of hydrogen-bond donors (Lipinski definition) is 0. The van der Waals surface area contributed by atoms with Gasteiger partial charge in [0.15, 0.2) is 0 Å². The van der Waals surface area contributed by atoms with Crippen LogP contribution in [0.3, 0.4) is 0 Å². The van der Waals surface area contributed by atoms with Crippen LogP contribution >= 0.6 is 11.3 Å². The van der Waals surface area contributed by atoms with Crippen LogP contribution in [0.4, 0.5) is 5.13 Å². The maximum Gasteiger partial charge on any atom is 0.208 e. The molecule has 0 amide bonds. The molecule has 0 spiro atoms. The number of nitrogens with zero attached hydrogens (tertiary/aromatic N) is 4. The molecule has 16 heavy (non-hydrogen) atoms. The Morgan fingerprint density at radius 3 is 2.75 bits per heavy atom. The van der Waals surface area contributed by atoms with E-state index < -0.39 is 0 Å². The van der Waals surface area contributed by atoms with Crippen LogP contribution in [0.15, 0.2) is 0 Å². The van der Waals surface area contributed by atoms with Gasteiger partial charge in [0.2, 0.25) is 5.13 Å². The second-order valence-electron chi connectivity index (χ2n) is 4.89. The van der Waals surface area contributed by atoms with E-state index in [4.69, 9.17) is 0 Å². The molecule has 2 saturated heterocycles. The second kappa shape index (κ2) is 3.96. The Balaban J connectivity index is 1.79. The van der Waals surface area contributed by atoms with Crippen molar-refractivity contribution in [2.45, 2.75) is 38.3 Å². The summed E-state index contributed by atoms with van der Waals surface area (Å²) in [6.07, 6.45) is 3.99. The largest absolute Gasteiger partial charge is 0.345 e. The quantitative estimate of drug-likeness (QED) is 0.742. The summed E-state index contributed by atoms with van der Waals surface area (Å²) in [4.78, 5) is 4.99. The zero-order valence-corrected chi connectivity index (χ0v) is 10.7. The highest BCUT2D eigenvalue weighted by atomic mass is 32.1. The zero-order chi connectivity index (χ0) is 11.1. The molecular formula is C11H18N4S. The van der Waals surface area contributed by atoms with E-state index in [2.05, 4.69) is 27.0 Å². The normalized spacial score (nSPS) is 30.8. The molecule has 2 bridgehead atoms. The molecule has 2 aliphatic heterocycles. The third-order valence-electron chi connectivity index (χ3n) is 3.93.